The van der Waals surface area contributed by atoms with Gasteiger partial charge in [0.2, 0.25) is 0 Å². The predicted molar refractivity (Wildman–Crippen MR) is 91.0 cm³/mol. The van der Waals surface area contributed by atoms with E-state index >= 15 is 0 Å². The van der Waals surface area contributed by atoms with Gasteiger partial charge < -0.3 is 10.2 Å². The number of hydrogen-bond donors (Lipinski definition) is 2. The maximum atomic E-state index is 13.7. The fourth-order valence-electron chi connectivity index (χ4n) is 2.61. The molecule has 3 nitrogen and oxygen atoms in total. The zero-order chi connectivity index (χ0) is 16.8. The van der Waals surface area contributed by atoms with E-state index in [-0.39, 0.29) is 11.7 Å². The molecule has 0 aliphatic heterocycles. The van der Waals surface area contributed by atoms with Crippen LogP contribution in [0, 0.1) is 5.82 Å². The van der Waals surface area contributed by atoms with Crippen molar-refractivity contribution in [1.82, 2.24) is 0 Å². The molecule has 122 valence electrons. The van der Waals surface area contributed by atoms with E-state index in [4.69, 9.17) is 0 Å². The Balaban J connectivity index is 1.96. The molecule has 0 fully saturated rings. The van der Waals surface area contributed by atoms with Gasteiger partial charge in [0.25, 0.3) is 5.91 Å². The van der Waals surface area contributed by atoms with Crippen molar-refractivity contribution >= 4 is 11.6 Å². The molecule has 2 N–H and O–H groups in total. The summed E-state index contributed by atoms with van der Waals surface area (Å²) in [5, 5.41) is 2.97. The first-order valence-corrected chi connectivity index (χ1v) is 7.91. The average molecular weight is 315 g/mol. The summed E-state index contributed by atoms with van der Waals surface area (Å²) in [4.78, 5) is 13.2. The number of hydrogen-bond acceptors (Lipinski definition) is 1. The van der Waals surface area contributed by atoms with Crippen molar-refractivity contribution in [3.63, 3.8) is 0 Å². The Morgan fingerprint density at radius 2 is 1.78 bits per heavy atom. The van der Waals surface area contributed by atoms with E-state index in [1.165, 1.54) is 6.07 Å². The maximum Gasteiger partial charge on any atom is 0.279 e. The van der Waals surface area contributed by atoms with Crippen LogP contribution in [-0.2, 0) is 11.3 Å². The summed E-state index contributed by atoms with van der Waals surface area (Å²) in [6.45, 7) is 4.97. The molecule has 1 amide bonds. The Bertz CT molecular complexity index is 670. The molecule has 0 saturated carbocycles. The van der Waals surface area contributed by atoms with Gasteiger partial charge in [0.1, 0.15) is 12.4 Å². The largest absolute Gasteiger partial charge is 0.326 e. The van der Waals surface area contributed by atoms with Crippen LogP contribution in [0.15, 0.2) is 48.5 Å². The Hall–Kier alpha value is -2.20. The van der Waals surface area contributed by atoms with E-state index in [1.807, 2.05) is 37.4 Å². The third-order valence-corrected chi connectivity index (χ3v) is 3.77. The summed E-state index contributed by atoms with van der Waals surface area (Å²) >= 11 is 0. The number of carbonyl (C=O) groups excluding carboxylic acids is 1. The number of nitrogens with one attached hydrogen (secondary N) is 2. The summed E-state index contributed by atoms with van der Waals surface area (Å²) in [6.07, 6.45) is 0. The van der Waals surface area contributed by atoms with Gasteiger partial charge >= 0.3 is 0 Å². The van der Waals surface area contributed by atoms with Gasteiger partial charge in [-0.05, 0) is 23.6 Å². The van der Waals surface area contributed by atoms with Crippen LogP contribution in [0.25, 0.3) is 0 Å². The van der Waals surface area contributed by atoms with Gasteiger partial charge in [0, 0.05) is 11.3 Å². The molecule has 1 unspecified atom stereocenters. The normalized spacial score (nSPS) is 12.2. The lowest BCUT2D eigenvalue weighted by atomic mass is 10.0. The number of rotatable bonds is 6. The first-order chi connectivity index (χ1) is 11.0. The Morgan fingerprint density at radius 3 is 2.48 bits per heavy atom. The highest BCUT2D eigenvalue weighted by Gasteiger charge is 2.14. The molecule has 0 radical (unpaired) electrons. The topological polar surface area (TPSA) is 33.5 Å². The minimum Gasteiger partial charge on any atom is -0.326 e. The third-order valence-electron chi connectivity index (χ3n) is 3.77. The van der Waals surface area contributed by atoms with E-state index < -0.39 is 0 Å². The third kappa shape index (κ3) is 4.89. The molecule has 4 heteroatoms. The molecule has 23 heavy (non-hydrogen) atoms. The summed E-state index contributed by atoms with van der Waals surface area (Å²) in [5.41, 5.74) is 2.60. The number of anilines is 1. The second-order valence-corrected chi connectivity index (χ2v) is 6.19. The Kier molecular flexibility index (Phi) is 5.88. The number of halogens is 1. The summed E-state index contributed by atoms with van der Waals surface area (Å²) in [7, 11) is 1.89. The van der Waals surface area contributed by atoms with Crippen LogP contribution < -0.4 is 10.2 Å². The number of benzene rings is 2. The van der Waals surface area contributed by atoms with Crippen LogP contribution >= 0.6 is 0 Å². The highest BCUT2D eigenvalue weighted by Crippen LogP contribution is 2.23. The first kappa shape index (κ1) is 17.2. The number of amides is 1. The van der Waals surface area contributed by atoms with Crippen molar-refractivity contribution in [1.29, 1.82) is 0 Å². The second-order valence-electron chi connectivity index (χ2n) is 6.19. The minimum atomic E-state index is -0.225. The lowest BCUT2D eigenvalue weighted by Crippen LogP contribution is -3.08. The van der Waals surface area contributed by atoms with E-state index in [0.717, 1.165) is 16.2 Å². The van der Waals surface area contributed by atoms with Gasteiger partial charge in [-0.15, -0.1) is 0 Å². The SMILES string of the molecule is CC(C)c1ccccc1NC(=O)C[NH+](C)Cc1ccccc1F. The molecule has 2 aromatic carbocycles. The van der Waals surface area contributed by atoms with E-state index in [0.29, 0.717) is 24.6 Å². The minimum absolute atomic E-state index is 0.0630. The molecule has 2 rings (SSSR count). The molecule has 0 bridgehead atoms. The van der Waals surface area contributed by atoms with Crippen molar-refractivity contribution in [2.24, 2.45) is 0 Å². The lowest BCUT2D eigenvalue weighted by molar-refractivity contribution is -0.885. The Morgan fingerprint density at radius 1 is 1.13 bits per heavy atom. The Labute approximate surface area is 137 Å². The number of likely N-dealkylation sites (N-methyl/N-ethyl adjacent to an activating group) is 1. The highest BCUT2D eigenvalue weighted by molar-refractivity contribution is 5.92. The zero-order valence-corrected chi connectivity index (χ0v) is 13.9. The molecule has 0 saturated heterocycles. The molecule has 0 aliphatic carbocycles. The first-order valence-electron chi connectivity index (χ1n) is 7.91. The van der Waals surface area contributed by atoms with Gasteiger partial charge in [-0.3, -0.25) is 4.79 Å². The van der Waals surface area contributed by atoms with Crippen molar-refractivity contribution in [3.05, 3.63) is 65.5 Å². The van der Waals surface area contributed by atoms with Crippen molar-refractivity contribution in [2.75, 3.05) is 18.9 Å². The summed E-state index contributed by atoms with van der Waals surface area (Å²) in [5.74, 6) is 0.0549. The average Bonchev–Trinajstić information content (AvgIpc) is 2.49. The zero-order valence-electron chi connectivity index (χ0n) is 13.9. The fourth-order valence-corrected chi connectivity index (χ4v) is 2.61. The van der Waals surface area contributed by atoms with Crippen LogP contribution in [0.4, 0.5) is 10.1 Å². The van der Waals surface area contributed by atoms with Gasteiger partial charge in [0.05, 0.1) is 7.05 Å². The molecule has 0 aromatic heterocycles. The van der Waals surface area contributed by atoms with Gasteiger partial charge in [-0.2, -0.15) is 0 Å². The molecule has 0 spiro atoms. The standard InChI is InChI=1S/C19H23FN2O/c1-14(2)16-9-5-7-11-18(16)21-19(23)13-22(3)12-15-8-4-6-10-17(15)20/h4-11,14H,12-13H2,1-3H3,(H,21,23)/p+1. The van der Waals surface area contributed by atoms with E-state index in [9.17, 15) is 9.18 Å². The number of quaternary nitrogens is 1. The number of carbonyl (C=O) groups is 1. The predicted octanol–water partition coefficient (Wildman–Crippen LogP) is 2.60. The molecular formula is C19H24FN2O+. The number of para-hydroxylation sites is 1. The van der Waals surface area contributed by atoms with Crippen molar-refractivity contribution in [3.8, 4) is 0 Å². The van der Waals surface area contributed by atoms with Crippen LogP contribution in [0.3, 0.4) is 0 Å². The molecule has 0 aliphatic rings. The smallest absolute Gasteiger partial charge is 0.279 e. The van der Waals surface area contributed by atoms with Crippen molar-refractivity contribution < 1.29 is 14.1 Å². The molecule has 2 aromatic rings. The second kappa shape index (κ2) is 7.88. The van der Waals surface area contributed by atoms with E-state index in [2.05, 4.69) is 19.2 Å². The maximum absolute atomic E-state index is 13.7. The molecular weight excluding hydrogens is 291 g/mol. The van der Waals surface area contributed by atoms with Crippen LogP contribution in [0.2, 0.25) is 0 Å². The fraction of sp³-hybridized carbons (Fsp3) is 0.316. The van der Waals surface area contributed by atoms with Crippen LogP contribution in [0.5, 0.6) is 0 Å². The summed E-state index contributed by atoms with van der Waals surface area (Å²) < 4.78 is 13.7. The lowest BCUT2D eigenvalue weighted by Gasteiger charge is -2.16. The monoisotopic (exact) mass is 315 g/mol. The van der Waals surface area contributed by atoms with E-state index in [1.54, 1.807) is 12.1 Å². The highest BCUT2D eigenvalue weighted by atomic mass is 19.1. The molecule has 1 atom stereocenters. The summed E-state index contributed by atoms with van der Waals surface area (Å²) in [6, 6.07) is 14.5. The quantitative estimate of drug-likeness (QED) is 0.844. The van der Waals surface area contributed by atoms with Crippen LogP contribution in [-0.4, -0.2) is 19.5 Å². The van der Waals surface area contributed by atoms with Crippen LogP contribution in [0.1, 0.15) is 30.9 Å². The molecule has 0 heterocycles. The van der Waals surface area contributed by atoms with Gasteiger partial charge in [-0.1, -0.05) is 50.2 Å². The van der Waals surface area contributed by atoms with Gasteiger partial charge in [0.15, 0.2) is 6.54 Å². The van der Waals surface area contributed by atoms with Gasteiger partial charge in [-0.25, -0.2) is 4.39 Å². The van der Waals surface area contributed by atoms with Crippen molar-refractivity contribution in [2.45, 2.75) is 26.3 Å².